The van der Waals surface area contributed by atoms with E-state index in [1.807, 2.05) is 18.2 Å². The first-order valence-electron chi connectivity index (χ1n) is 4.79. The highest BCUT2D eigenvalue weighted by Gasteiger charge is 2.01. The molecule has 3 heteroatoms. The number of halogens is 3. The second-order valence-corrected chi connectivity index (χ2v) is 5.14. The maximum Gasteiger partial charge on any atom is 0.0452 e. The van der Waals surface area contributed by atoms with Crippen LogP contribution in [0.25, 0.3) is 0 Å². The molecule has 0 radical (unpaired) electrons. The van der Waals surface area contributed by atoms with E-state index >= 15 is 0 Å². The molecule has 82 valence electrons. The summed E-state index contributed by atoms with van der Waals surface area (Å²) in [4.78, 5) is 0. The SMILES string of the molecule is C/C(=C/CCCl)Cc1ccc(Br)cc1Cl. The molecule has 15 heavy (non-hydrogen) atoms. The van der Waals surface area contributed by atoms with Crippen LogP contribution in [-0.2, 0) is 6.42 Å². The molecule has 0 heterocycles. The van der Waals surface area contributed by atoms with Gasteiger partial charge in [0, 0.05) is 15.4 Å². The summed E-state index contributed by atoms with van der Waals surface area (Å²) in [5.74, 6) is 0.672. The van der Waals surface area contributed by atoms with Crippen LogP contribution in [0.1, 0.15) is 18.9 Å². The molecule has 0 N–H and O–H groups in total. The van der Waals surface area contributed by atoms with Crippen LogP contribution in [0.5, 0.6) is 0 Å². The predicted octanol–water partition coefficient (Wildman–Crippen LogP) is 5.22. The quantitative estimate of drug-likeness (QED) is 0.528. The number of hydrogen-bond acceptors (Lipinski definition) is 0. The fraction of sp³-hybridized carbons (Fsp3) is 0.333. The van der Waals surface area contributed by atoms with Gasteiger partial charge < -0.3 is 0 Å². The average Bonchev–Trinajstić information content (AvgIpc) is 2.19. The lowest BCUT2D eigenvalue weighted by molar-refractivity contribution is 1.09. The average molecular weight is 308 g/mol. The fourth-order valence-electron chi connectivity index (χ4n) is 1.34. The molecule has 1 rings (SSSR count). The Morgan fingerprint density at radius 3 is 2.80 bits per heavy atom. The number of alkyl halides is 1. The Morgan fingerprint density at radius 2 is 2.20 bits per heavy atom. The van der Waals surface area contributed by atoms with Gasteiger partial charge in [-0.15, -0.1) is 11.6 Å². The molecule has 1 aromatic rings. The van der Waals surface area contributed by atoms with Crippen molar-refractivity contribution in [3.8, 4) is 0 Å². The van der Waals surface area contributed by atoms with Crippen LogP contribution in [0, 0.1) is 0 Å². The van der Waals surface area contributed by atoms with Gasteiger partial charge in [0.1, 0.15) is 0 Å². The molecular formula is C12H13BrCl2. The third-order valence-corrected chi connectivity index (χ3v) is 3.15. The summed E-state index contributed by atoms with van der Waals surface area (Å²) in [5.41, 5.74) is 2.46. The molecule has 0 aliphatic heterocycles. The van der Waals surface area contributed by atoms with Gasteiger partial charge in [-0.2, -0.15) is 0 Å². The van der Waals surface area contributed by atoms with Crippen LogP contribution in [0.2, 0.25) is 5.02 Å². The molecule has 0 fully saturated rings. The molecule has 0 saturated carbocycles. The van der Waals surface area contributed by atoms with E-state index in [0.717, 1.165) is 27.9 Å². The fourth-order valence-corrected chi connectivity index (χ4v) is 2.19. The van der Waals surface area contributed by atoms with Crippen molar-refractivity contribution in [1.29, 1.82) is 0 Å². The molecule has 0 nitrogen and oxygen atoms in total. The maximum absolute atomic E-state index is 6.12. The summed E-state index contributed by atoms with van der Waals surface area (Å²) in [6.45, 7) is 2.10. The first kappa shape index (κ1) is 13.1. The van der Waals surface area contributed by atoms with Gasteiger partial charge >= 0.3 is 0 Å². The number of hydrogen-bond donors (Lipinski definition) is 0. The number of benzene rings is 1. The summed E-state index contributed by atoms with van der Waals surface area (Å²) in [5, 5.41) is 0.808. The van der Waals surface area contributed by atoms with Crippen molar-refractivity contribution >= 4 is 39.1 Å². The van der Waals surface area contributed by atoms with E-state index in [4.69, 9.17) is 23.2 Å². The van der Waals surface area contributed by atoms with Gasteiger partial charge in [0.25, 0.3) is 0 Å². The first-order chi connectivity index (χ1) is 7.13. The van der Waals surface area contributed by atoms with Crippen molar-refractivity contribution in [2.24, 2.45) is 0 Å². The van der Waals surface area contributed by atoms with Crippen LogP contribution in [-0.4, -0.2) is 5.88 Å². The minimum Gasteiger partial charge on any atom is -0.126 e. The van der Waals surface area contributed by atoms with Gasteiger partial charge in [0.15, 0.2) is 0 Å². The Bertz CT molecular complexity index is 359. The molecule has 0 aromatic heterocycles. The highest BCUT2D eigenvalue weighted by molar-refractivity contribution is 9.10. The topological polar surface area (TPSA) is 0 Å². The minimum atomic E-state index is 0.672. The molecule has 0 bridgehead atoms. The maximum atomic E-state index is 6.12. The minimum absolute atomic E-state index is 0.672. The Labute approximate surface area is 109 Å². The van der Waals surface area contributed by atoms with E-state index in [-0.39, 0.29) is 0 Å². The molecule has 0 spiro atoms. The second kappa shape index (κ2) is 6.57. The van der Waals surface area contributed by atoms with Crippen molar-refractivity contribution < 1.29 is 0 Å². The Balaban J connectivity index is 2.72. The zero-order chi connectivity index (χ0) is 11.3. The zero-order valence-corrected chi connectivity index (χ0v) is 11.7. The van der Waals surface area contributed by atoms with Crippen molar-refractivity contribution in [2.75, 3.05) is 5.88 Å². The van der Waals surface area contributed by atoms with E-state index < -0.39 is 0 Å². The van der Waals surface area contributed by atoms with E-state index in [2.05, 4.69) is 28.9 Å². The van der Waals surface area contributed by atoms with Gasteiger partial charge in [0.05, 0.1) is 0 Å². The number of allylic oxidation sites excluding steroid dienone is 2. The molecule has 0 atom stereocenters. The normalized spacial score (nSPS) is 11.9. The monoisotopic (exact) mass is 306 g/mol. The van der Waals surface area contributed by atoms with Crippen molar-refractivity contribution in [1.82, 2.24) is 0 Å². The molecule has 0 aliphatic rings. The lowest BCUT2D eigenvalue weighted by atomic mass is 10.1. The van der Waals surface area contributed by atoms with Gasteiger partial charge in [-0.1, -0.05) is 45.2 Å². The van der Waals surface area contributed by atoms with Crippen LogP contribution in [0.15, 0.2) is 34.3 Å². The molecule has 0 amide bonds. The highest BCUT2D eigenvalue weighted by atomic mass is 79.9. The largest absolute Gasteiger partial charge is 0.126 e. The van der Waals surface area contributed by atoms with Gasteiger partial charge in [-0.25, -0.2) is 0 Å². The summed E-state index contributed by atoms with van der Waals surface area (Å²) in [6, 6.07) is 5.98. The predicted molar refractivity (Wildman–Crippen MR) is 72.0 cm³/mol. The smallest absolute Gasteiger partial charge is 0.0452 e. The lowest BCUT2D eigenvalue weighted by Gasteiger charge is -2.05. The van der Waals surface area contributed by atoms with Crippen molar-refractivity contribution in [3.63, 3.8) is 0 Å². The van der Waals surface area contributed by atoms with E-state index in [9.17, 15) is 0 Å². The molecule has 0 unspecified atom stereocenters. The Morgan fingerprint density at radius 1 is 1.47 bits per heavy atom. The van der Waals surface area contributed by atoms with Crippen LogP contribution >= 0.6 is 39.1 Å². The molecule has 1 aromatic carbocycles. The summed E-state index contributed by atoms with van der Waals surface area (Å²) >= 11 is 15.1. The third kappa shape index (κ3) is 4.58. The van der Waals surface area contributed by atoms with E-state index in [1.54, 1.807) is 0 Å². The lowest BCUT2D eigenvalue weighted by Crippen LogP contribution is -1.89. The highest BCUT2D eigenvalue weighted by Crippen LogP contribution is 2.23. The molecule has 0 aliphatic carbocycles. The van der Waals surface area contributed by atoms with E-state index in [0.29, 0.717) is 5.88 Å². The van der Waals surface area contributed by atoms with Gasteiger partial charge in [-0.3, -0.25) is 0 Å². The molecule has 0 saturated heterocycles. The molecular weight excluding hydrogens is 295 g/mol. The standard InChI is InChI=1S/C12H13BrCl2/c1-9(3-2-6-14)7-10-4-5-11(13)8-12(10)15/h3-5,8H,2,6-7H2,1H3/b9-3-. The second-order valence-electron chi connectivity index (χ2n) is 3.44. The van der Waals surface area contributed by atoms with Crippen LogP contribution in [0.3, 0.4) is 0 Å². The van der Waals surface area contributed by atoms with Crippen molar-refractivity contribution in [2.45, 2.75) is 19.8 Å². The van der Waals surface area contributed by atoms with Crippen LogP contribution < -0.4 is 0 Å². The Hall–Kier alpha value is 0.0200. The van der Waals surface area contributed by atoms with Crippen LogP contribution in [0.4, 0.5) is 0 Å². The summed E-state index contributed by atoms with van der Waals surface area (Å²) in [6.07, 6.45) is 3.97. The third-order valence-electron chi connectivity index (χ3n) is 2.09. The van der Waals surface area contributed by atoms with Gasteiger partial charge in [0.2, 0.25) is 0 Å². The Kier molecular flexibility index (Phi) is 5.73. The zero-order valence-electron chi connectivity index (χ0n) is 8.56. The van der Waals surface area contributed by atoms with Gasteiger partial charge in [-0.05, 0) is 37.5 Å². The summed E-state index contributed by atoms with van der Waals surface area (Å²) in [7, 11) is 0. The first-order valence-corrected chi connectivity index (χ1v) is 6.49. The summed E-state index contributed by atoms with van der Waals surface area (Å²) < 4.78 is 1.01. The van der Waals surface area contributed by atoms with Crippen molar-refractivity contribution in [3.05, 3.63) is 44.9 Å². The van der Waals surface area contributed by atoms with E-state index in [1.165, 1.54) is 5.57 Å². The number of rotatable bonds is 4.